The number of nitrogens with zero attached hydrogens (tertiary/aromatic N) is 3. The number of nitrogens with one attached hydrogen (secondary N) is 1. The minimum atomic E-state index is -0.213. The van der Waals surface area contributed by atoms with Crippen molar-refractivity contribution in [3.63, 3.8) is 0 Å². The zero-order valence-electron chi connectivity index (χ0n) is 21.2. The molecule has 0 radical (unpaired) electrons. The van der Waals surface area contributed by atoms with E-state index in [1.165, 1.54) is 0 Å². The third-order valence-corrected chi connectivity index (χ3v) is 7.05. The van der Waals surface area contributed by atoms with Crippen LogP contribution in [0.5, 0.6) is 0 Å². The molecule has 4 rings (SSSR count). The lowest BCUT2D eigenvalue weighted by molar-refractivity contribution is -0.141. The number of benzene rings is 2. The average Bonchev–Trinajstić information content (AvgIpc) is 2.86. The Morgan fingerprint density at radius 2 is 1.64 bits per heavy atom. The van der Waals surface area contributed by atoms with Crippen LogP contribution in [0, 0.1) is 12.8 Å². The summed E-state index contributed by atoms with van der Waals surface area (Å²) in [5.41, 5.74) is 3.61. The van der Waals surface area contributed by atoms with Gasteiger partial charge in [0.05, 0.1) is 13.2 Å². The Labute approximate surface area is 213 Å². The molecule has 0 atom stereocenters. The Morgan fingerprint density at radius 3 is 2.22 bits per heavy atom. The lowest BCUT2D eigenvalue weighted by atomic mass is 9.84. The summed E-state index contributed by atoms with van der Waals surface area (Å²) in [6, 6.07) is 15.4. The number of carbonyl (C=O) groups excluding carboxylic acids is 3. The van der Waals surface area contributed by atoms with Crippen LogP contribution in [-0.2, 0) is 14.3 Å². The zero-order valence-corrected chi connectivity index (χ0v) is 21.2. The van der Waals surface area contributed by atoms with Crippen LogP contribution < -0.4 is 10.2 Å². The summed E-state index contributed by atoms with van der Waals surface area (Å²) in [5, 5.41) is 2.91. The van der Waals surface area contributed by atoms with Crippen molar-refractivity contribution < 1.29 is 19.1 Å². The molecule has 192 valence electrons. The molecule has 8 nitrogen and oxygen atoms in total. The van der Waals surface area contributed by atoms with Gasteiger partial charge in [-0.25, -0.2) is 0 Å². The van der Waals surface area contributed by atoms with E-state index < -0.39 is 0 Å². The summed E-state index contributed by atoms with van der Waals surface area (Å²) in [5.74, 6) is -0.0526. The highest BCUT2D eigenvalue weighted by Crippen LogP contribution is 2.28. The number of methoxy groups -OCH3 is 1. The van der Waals surface area contributed by atoms with Crippen LogP contribution in [0.4, 0.5) is 11.4 Å². The number of carbonyl (C=O) groups is 3. The van der Waals surface area contributed by atoms with Crippen LogP contribution in [0.3, 0.4) is 0 Å². The van der Waals surface area contributed by atoms with Crippen molar-refractivity contribution in [1.82, 2.24) is 9.80 Å². The maximum absolute atomic E-state index is 12.8. The third kappa shape index (κ3) is 6.43. The molecule has 1 heterocycles. The maximum atomic E-state index is 12.8. The van der Waals surface area contributed by atoms with Crippen molar-refractivity contribution >= 4 is 29.1 Å². The van der Waals surface area contributed by atoms with Crippen molar-refractivity contribution in [2.75, 3.05) is 63.2 Å². The maximum Gasteiger partial charge on any atom is 0.253 e. The van der Waals surface area contributed by atoms with Gasteiger partial charge in [-0.05, 0) is 56.2 Å². The lowest BCUT2D eigenvalue weighted by Crippen LogP contribution is -2.48. The van der Waals surface area contributed by atoms with Gasteiger partial charge in [0.15, 0.2) is 0 Å². The molecule has 1 saturated heterocycles. The zero-order chi connectivity index (χ0) is 25.5. The highest BCUT2D eigenvalue weighted by atomic mass is 16.5. The van der Waals surface area contributed by atoms with E-state index in [4.69, 9.17) is 4.74 Å². The molecule has 1 aliphatic carbocycles. The fraction of sp³-hybridized carbons (Fsp3) is 0.464. The van der Waals surface area contributed by atoms with Crippen molar-refractivity contribution in [2.45, 2.75) is 26.2 Å². The summed E-state index contributed by atoms with van der Waals surface area (Å²) in [6.45, 7) is 5.69. The second-order valence-corrected chi connectivity index (χ2v) is 9.62. The molecular formula is C28H36N4O4. The van der Waals surface area contributed by atoms with Gasteiger partial charge in [0.2, 0.25) is 11.8 Å². The average molecular weight is 493 g/mol. The summed E-state index contributed by atoms with van der Waals surface area (Å²) >= 11 is 0. The molecule has 0 unspecified atom stereocenters. The van der Waals surface area contributed by atoms with Crippen LogP contribution in [0.15, 0.2) is 48.5 Å². The van der Waals surface area contributed by atoms with Gasteiger partial charge < -0.3 is 24.8 Å². The SMILES string of the molecule is COCCN(CC(=O)Nc1ccc(N2CCN(C(=O)c3ccc(C)cc3)CC2)cc1)C(=O)C1CCC1. The van der Waals surface area contributed by atoms with Gasteiger partial charge in [-0.2, -0.15) is 0 Å². The molecule has 1 N–H and O–H groups in total. The Bertz CT molecular complexity index is 1040. The Hall–Kier alpha value is -3.39. The topological polar surface area (TPSA) is 82.2 Å². The van der Waals surface area contributed by atoms with E-state index in [9.17, 15) is 14.4 Å². The Kier molecular flexibility index (Phi) is 8.59. The largest absolute Gasteiger partial charge is 0.383 e. The van der Waals surface area contributed by atoms with Crippen LogP contribution in [0.1, 0.15) is 35.2 Å². The van der Waals surface area contributed by atoms with E-state index in [-0.39, 0.29) is 30.2 Å². The van der Waals surface area contributed by atoms with Crippen LogP contribution in [0.2, 0.25) is 0 Å². The number of piperazine rings is 1. The summed E-state index contributed by atoms with van der Waals surface area (Å²) in [6.07, 6.45) is 2.88. The molecular weight excluding hydrogens is 456 g/mol. The highest BCUT2D eigenvalue weighted by molar-refractivity contribution is 5.95. The number of hydrogen-bond donors (Lipinski definition) is 1. The summed E-state index contributed by atoms with van der Waals surface area (Å²) in [7, 11) is 1.59. The second kappa shape index (κ2) is 12.0. The molecule has 8 heteroatoms. The highest BCUT2D eigenvalue weighted by Gasteiger charge is 2.30. The normalized spacial score (nSPS) is 15.8. The molecule has 36 heavy (non-hydrogen) atoms. The Morgan fingerprint density at radius 1 is 0.972 bits per heavy atom. The quantitative estimate of drug-likeness (QED) is 0.582. The first kappa shape index (κ1) is 25.7. The summed E-state index contributed by atoms with van der Waals surface area (Å²) < 4.78 is 5.12. The number of hydrogen-bond acceptors (Lipinski definition) is 5. The molecule has 2 aliphatic rings. The number of aryl methyl sites for hydroxylation is 1. The summed E-state index contributed by atoms with van der Waals surface area (Å²) in [4.78, 5) is 43.8. The first-order valence-electron chi connectivity index (χ1n) is 12.7. The van der Waals surface area contributed by atoms with Gasteiger partial charge in [0.1, 0.15) is 0 Å². The molecule has 2 fully saturated rings. The predicted octanol–water partition coefficient (Wildman–Crippen LogP) is 3.17. The number of amides is 3. The van der Waals surface area contributed by atoms with Crippen molar-refractivity contribution in [3.8, 4) is 0 Å². The molecule has 0 aromatic heterocycles. The molecule has 0 bridgehead atoms. The molecule has 1 aliphatic heterocycles. The molecule has 1 saturated carbocycles. The lowest BCUT2D eigenvalue weighted by Gasteiger charge is -2.36. The standard InChI is InChI=1S/C28H36N4O4/c1-21-6-8-23(9-7-21)27(34)31-16-14-30(15-17-31)25-12-10-24(11-13-25)29-26(33)20-32(18-19-36-2)28(35)22-4-3-5-22/h6-13,22H,3-5,14-20H2,1-2H3,(H,29,33). The second-order valence-electron chi connectivity index (χ2n) is 9.62. The van der Waals surface area contributed by atoms with Gasteiger partial charge in [-0.1, -0.05) is 24.1 Å². The first-order chi connectivity index (χ1) is 17.4. The number of ether oxygens (including phenoxy) is 1. The number of anilines is 2. The van der Waals surface area contributed by atoms with E-state index in [2.05, 4.69) is 10.2 Å². The van der Waals surface area contributed by atoms with Crippen LogP contribution in [0.25, 0.3) is 0 Å². The fourth-order valence-electron chi connectivity index (χ4n) is 4.56. The van der Waals surface area contributed by atoms with Crippen molar-refractivity contribution in [2.24, 2.45) is 5.92 Å². The minimum Gasteiger partial charge on any atom is -0.383 e. The van der Waals surface area contributed by atoms with E-state index in [1.807, 2.05) is 60.4 Å². The fourth-order valence-corrected chi connectivity index (χ4v) is 4.56. The van der Waals surface area contributed by atoms with E-state index in [1.54, 1.807) is 12.0 Å². The molecule has 2 aromatic carbocycles. The molecule has 2 aromatic rings. The predicted molar refractivity (Wildman–Crippen MR) is 140 cm³/mol. The van der Waals surface area contributed by atoms with Gasteiger partial charge in [-0.15, -0.1) is 0 Å². The van der Waals surface area contributed by atoms with E-state index in [0.29, 0.717) is 31.9 Å². The number of rotatable bonds is 9. The van der Waals surface area contributed by atoms with Crippen LogP contribution in [-0.4, -0.2) is 80.5 Å². The minimum absolute atomic E-state index is 0.0252. The molecule has 0 spiro atoms. The van der Waals surface area contributed by atoms with Gasteiger partial charge >= 0.3 is 0 Å². The van der Waals surface area contributed by atoms with E-state index >= 15 is 0 Å². The van der Waals surface area contributed by atoms with Gasteiger partial charge in [0.25, 0.3) is 5.91 Å². The van der Waals surface area contributed by atoms with Crippen molar-refractivity contribution in [3.05, 3.63) is 59.7 Å². The van der Waals surface area contributed by atoms with Crippen LogP contribution >= 0.6 is 0 Å². The monoisotopic (exact) mass is 492 g/mol. The smallest absolute Gasteiger partial charge is 0.253 e. The van der Waals surface area contributed by atoms with Gasteiger partial charge in [-0.3, -0.25) is 14.4 Å². The first-order valence-corrected chi connectivity index (χ1v) is 12.7. The van der Waals surface area contributed by atoms with Crippen molar-refractivity contribution in [1.29, 1.82) is 0 Å². The van der Waals surface area contributed by atoms with Gasteiger partial charge in [0, 0.05) is 62.7 Å². The molecule has 3 amide bonds. The third-order valence-electron chi connectivity index (χ3n) is 7.05. The Balaban J connectivity index is 1.27. The van der Waals surface area contributed by atoms with E-state index in [0.717, 1.165) is 49.2 Å².